The van der Waals surface area contributed by atoms with Crippen molar-refractivity contribution >= 4 is 17.9 Å². The van der Waals surface area contributed by atoms with Gasteiger partial charge in [0.05, 0.1) is 12.7 Å². The Morgan fingerprint density at radius 1 is 1.23 bits per heavy atom. The zero-order chi connectivity index (χ0) is 15.6. The minimum atomic E-state index is -4.07. The molecular weight excluding hydrogens is 184 g/mol. The lowest BCUT2D eigenvalue weighted by molar-refractivity contribution is -0.170. The van der Waals surface area contributed by atoms with Crippen LogP contribution in [-0.4, -0.2) is 45.4 Å². The summed E-state index contributed by atoms with van der Waals surface area (Å²) < 4.78 is 41.2. The van der Waals surface area contributed by atoms with Gasteiger partial charge in [-0.05, 0) is 0 Å². The largest absolute Gasteiger partial charge is 0.481 e. The smallest absolute Gasteiger partial charge is 0.336 e. The number of hydrogen-bond acceptors (Lipinski definition) is 5. The highest BCUT2D eigenvalue weighted by atomic mass is 16.4. The summed E-state index contributed by atoms with van der Waals surface area (Å²) in [7, 11) is 0. The standard InChI is InChI=1S/C6H8O7/c7-3(8)1-6(13,5(11)12)2-4(9)10/h13H,1-2H2,(H,7,8)(H,9,10)(H,11,12)/i1D2,2D2,13D/hD. The van der Waals surface area contributed by atoms with Gasteiger partial charge in [-0.3, -0.25) is 9.59 Å². The van der Waals surface area contributed by atoms with Gasteiger partial charge in [-0.15, -0.1) is 0 Å². The molecule has 0 fully saturated rings. The van der Waals surface area contributed by atoms with Gasteiger partial charge in [0, 0.05) is 5.48 Å². The molecule has 1 unspecified atom stereocenters. The summed E-state index contributed by atoms with van der Waals surface area (Å²) in [6, 6.07) is 0. The highest BCUT2D eigenvalue weighted by molar-refractivity contribution is 5.88. The maximum Gasteiger partial charge on any atom is 0.336 e. The Kier molecular flexibility index (Phi) is 1.35. The van der Waals surface area contributed by atoms with Crippen molar-refractivity contribution in [3.8, 4) is 0 Å². The molecule has 7 nitrogen and oxygen atoms in total. The first-order valence-electron chi connectivity index (χ1n) is 5.53. The Balaban J connectivity index is 6.32. The van der Waals surface area contributed by atoms with E-state index >= 15 is 0 Å². The fourth-order valence-electron chi connectivity index (χ4n) is 0.432. The number of aliphatic hydroxyl groups is 1. The molecular formula is C6H8O7. The second-order valence-corrected chi connectivity index (χ2v) is 1.83. The van der Waals surface area contributed by atoms with Gasteiger partial charge in [-0.2, -0.15) is 0 Å². The van der Waals surface area contributed by atoms with Crippen LogP contribution in [0.15, 0.2) is 0 Å². The minimum absolute atomic E-state index is 2.23. The predicted molar refractivity (Wildman–Crippen MR) is 37.1 cm³/mol. The molecule has 7 heteroatoms. The topological polar surface area (TPSA) is 132 Å². The van der Waals surface area contributed by atoms with Gasteiger partial charge < -0.3 is 20.4 Å². The summed E-state index contributed by atoms with van der Waals surface area (Å²) in [6.07, 6.45) is -7.96. The van der Waals surface area contributed by atoms with Crippen molar-refractivity contribution in [2.45, 2.75) is 18.3 Å². The minimum Gasteiger partial charge on any atom is -0.481 e. The number of hydrogen-bond donors (Lipinski definition) is 4. The average molecular weight is 198 g/mol. The van der Waals surface area contributed by atoms with Crippen LogP contribution >= 0.6 is 0 Å². The Morgan fingerprint density at radius 2 is 1.77 bits per heavy atom. The molecule has 0 heterocycles. The second-order valence-electron chi connectivity index (χ2n) is 1.83. The molecule has 0 aliphatic heterocycles. The first-order valence-corrected chi connectivity index (χ1v) is 2.72. The van der Waals surface area contributed by atoms with Gasteiger partial charge in [0.15, 0.2) is 5.60 Å². The van der Waals surface area contributed by atoms with Gasteiger partial charge in [0.1, 0.15) is 0 Å². The molecule has 0 aromatic heterocycles. The van der Waals surface area contributed by atoms with Crippen LogP contribution in [0.4, 0.5) is 0 Å². The summed E-state index contributed by atoms with van der Waals surface area (Å²) in [5, 5.41) is 24.1. The molecule has 13 heavy (non-hydrogen) atoms. The molecule has 0 aliphatic rings. The maximum absolute atomic E-state index is 11.0. The monoisotopic (exact) mass is 198 g/mol. The lowest BCUT2D eigenvalue weighted by Crippen LogP contribution is -2.42. The van der Waals surface area contributed by atoms with Gasteiger partial charge in [-0.1, -0.05) is 0 Å². The zero-order valence-electron chi connectivity index (χ0n) is 11.9. The summed E-state index contributed by atoms with van der Waals surface area (Å²) >= 11 is 0. The molecule has 1 atom stereocenters. The molecule has 4 N–H and O–H groups in total. The molecule has 0 aromatic rings. The molecule has 0 radical (unpaired) electrons. The Labute approximate surface area is 80.8 Å². The third-order valence-electron chi connectivity index (χ3n) is 0.862. The Bertz CT molecular complexity index is 409. The lowest BCUT2D eigenvalue weighted by Gasteiger charge is -2.18. The number of carboxylic acid groups (broad SMARTS) is 3. The van der Waals surface area contributed by atoms with E-state index in [1.54, 1.807) is 0 Å². The highest BCUT2D eigenvalue weighted by Crippen LogP contribution is 2.15. The molecule has 74 valence electrons. The third-order valence-corrected chi connectivity index (χ3v) is 0.862. The number of rotatable bonds is 6. The van der Waals surface area contributed by atoms with Crippen LogP contribution in [0.5, 0.6) is 0 Å². The van der Waals surface area contributed by atoms with Crippen molar-refractivity contribution < 1.29 is 40.3 Å². The summed E-state index contributed by atoms with van der Waals surface area (Å²) in [5.74, 6) is -7.28. The molecule has 0 amide bonds. The van der Waals surface area contributed by atoms with E-state index in [0.717, 1.165) is 0 Å². The quantitative estimate of drug-likeness (QED) is 0.419. The van der Waals surface area contributed by atoms with E-state index in [4.69, 9.17) is 18.6 Å². The molecule has 0 aromatic carbocycles. The fraction of sp³-hybridized carbons (Fsp3) is 0.500. The zero-order valence-corrected chi connectivity index (χ0v) is 5.94. The normalized spacial score (nSPS) is 23.1. The van der Waals surface area contributed by atoms with Gasteiger partial charge >= 0.3 is 17.9 Å². The molecule has 0 bridgehead atoms. The van der Waals surface area contributed by atoms with Crippen molar-refractivity contribution in [1.82, 2.24) is 0 Å². The van der Waals surface area contributed by atoms with Crippen LogP contribution < -0.4 is 0 Å². The highest BCUT2D eigenvalue weighted by Gasteiger charge is 2.40. The second kappa shape index (κ2) is 3.85. The van der Waals surface area contributed by atoms with Crippen LogP contribution in [0.3, 0.4) is 0 Å². The Morgan fingerprint density at radius 3 is 2.08 bits per heavy atom. The fourth-order valence-corrected chi connectivity index (χ4v) is 0.432. The first kappa shape index (κ1) is 4.56. The summed E-state index contributed by atoms with van der Waals surface area (Å²) in [4.78, 5) is 32.8. The average Bonchev–Trinajstić information content (AvgIpc) is 2.27. The van der Waals surface area contributed by atoms with Gasteiger partial charge in [-0.25, -0.2) is 4.79 Å². The third kappa shape index (κ3) is 3.52. The molecule has 0 saturated carbocycles. The lowest BCUT2D eigenvalue weighted by atomic mass is 9.96. The van der Waals surface area contributed by atoms with Gasteiger partial charge in [0.2, 0.25) is 1.43 Å². The van der Waals surface area contributed by atoms with Crippen molar-refractivity contribution in [1.29, 1.82) is 2.86 Å². The van der Waals surface area contributed by atoms with Gasteiger partial charge in [0.25, 0.3) is 1.43 Å². The van der Waals surface area contributed by atoms with Crippen LogP contribution in [0.2, 0.25) is 0 Å². The number of aliphatic carboxylic acids is 3. The van der Waals surface area contributed by atoms with E-state index in [1.165, 1.54) is 0 Å². The van der Waals surface area contributed by atoms with Crippen LogP contribution in [0, 0.1) is 0 Å². The van der Waals surface area contributed by atoms with Crippen molar-refractivity contribution in [3.63, 3.8) is 0 Å². The SMILES string of the molecule is [2H]OC(=O)C([2H])([2H])C(O[2H])(C(=O)O)C([2H])([2H])C(=O)O. The molecule has 0 aliphatic carbocycles. The van der Waals surface area contributed by atoms with E-state index in [-0.39, 0.29) is 0 Å². The van der Waals surface area contributed by atoms with Crippen LogP contribution in [0.25, 0.3) is 1.43 Å². The Hall–Kier alpha value is -1.63. The van der Waals surface area contributed by atoms with Crippen LogP contribution in [0.1, 0.15) is 18.2 Å². The molecule has 0 spiro atoms. The molecule has 0 saturated heterocycles. The molecule has 0 rings (SSSR count). The number of carbonyl (C=O) groups is 3. The summed E-state index contributed by atoms with van der Waals surface area (Å²) in [6.45, 7) is 0. The van der Waals surface area contributed by atoms with Crippen molar-refractivity contribution in [2.75, 3.05) is 0 Å². The van der Waals surface area contributed by atoms with E-state index in [0.29, 0.717) is 0 Å². The first-order chi connectivity index (χ1) is 8.43. The van der Waals surface area contributed by atoms with Crippen molar-refractivity contribution in [3.05, 3.63) is 0 Å². The van der Waals surface area contributed by atoms with Crippen molar-refractivity contribution in [2.24, 2.45) is 0 Å². The van der Waals surface area contributed by atoms with E-state index in [9.17, 15) is 14.4 Å². The maximum atomic E-state index is 11.0. The van der Waals surface area contributed by atoms with E-state index in [1.807, 2.05) is 0 Å². The summed E-state index contributed by atoms with van der Waals surface area (Å²) in [5.41, 5.74) is -4.07. The number of carboxylic acids is 3. The van der Waals surface area contributed by atoms with E-state index in [2.05, 4.69) is 10.2 Å². The predicted octanol–water partition coefficient (Wildman–Crippen LogP) is -1.25. The van der Waals surface area contributed by atoms with Crippen LogP contribution in [-0.2, 0) is 14.4 Å². The van der Waals surface area contributed by atoms with E-state index < -0.39 is 36.3 Å².